The second kappa shape index (κ2) is 6.93. The molecule has 0 aromatic heterocycles. The highest BCUT2D eigenvalue weighted by atomic mass is 35.5. The summed E-state index contributed by atoms with van der Waals surface area (Å²) < 4.78 is 25.5. The summed E-state index contributed by atoms with van der Waals surface area (Å²) in [4.78, 5) is 12.2. The standard InChI is InChI=1S/C17H18ClN3O3S/c1-12-3-8-15(21-9-2-10-25(21,23)24)11-16(12)20-17(22)19-14-6-4-13(18)5-7-14/h3-8,11H,2,9-10H2,1H3,(H2,19,20,22). The zero-order chi connectivity index (χ0) is 18.0. The predicted octanol–water partition coefficient (Wildman–Crippen LogP) is 3.83. The first-order valence-electron chi connectivity index (χ1n) is 7.80. The van der Waals surface area contributed by atoms with Crippen LogP contribution >= 0.6 is 11.6 Å². The molecule has 1 saturated heterocycles. The molecule has 6 nitrogen and oxygen atoms in total. The van der Waals surface area contributed by atoms with E-state index in [1.54, 1.807) is 42.5 Å². The van der Waals surface area contributed by atoms with Gasteiger partial charge in [0.2, 0.25) is 10.0 Å². The van der Waals surface area contributed by atoms with E-state index in [1.807, 2.05) is 6.92 Å². The Hall–Kier alpha value is -2.25. The molecule has 0 spiro atoms. The fourth-order valence-corrected chi connectivity index (χ4v) is 4.33. The van der Waals surface area contributed by atoms with E-state index in [2.05, 4.69) is 10.6 Å². The minimum Gasteiger partial charge on any atom is -0.308 e. The lowest BCUT2D eigenvalue weighted by atomic mass is 10.2. The first kappa shape index (κ1) is 17.6. The third-order valence-corrected chi connectivity index (χ3v) is 6.08. The van der Waals surface area contributed by atoms with Gasteiger partial charge in [-0.2, -0.15) is 0 Å². The van der Waals surface area contributed by atoms with E-state index in [9.17, 15) is 13.2 Å². The molecule has 25 heavy (non-hydrogen) atoms. The highest BCUT2D eigenvalue weighted by Gasteiger charge is 2.28. The molecule has 1 aliphatic rings. The van der Waals surface area contributed by atoms with Gasteiger partial charge in [-0.3, -0.25) is 4.31 Å². The summed E-state index contributed by atoms with van der Waals surface area (Å²) >= 11 is 5.82. The van der Waals surface area contributed by atoms with Crippen LogP contribution in [0.2, 0.25) is 5.02 Å². The van der Waals surface area contributed by atoms with Crippen LogP contribution in [-0.4, -0.2) is 26.7 Å². The molecule has 3 rings (SSSR count). The molecule has 2 aromatic carbocycles. The number of urea groups is 1. The Morgan fingerprint density at radius 3 is 2.48 bits per heavy atom. The Bertz CT molecular complexity index is 898. The van der Waals surface area contributed by atoms with E-state index < -0.39 is 16.1 Å². The molecule has 0 bridgehead atoms. The molecule has 0 radical (unpaired) electrons. The van der Waals surface area contributed by atoms with Crippen molar-refractivity contribution in [1.29, 1.82) is 0 Å². The molecular weight excluding hydrogens is 362 g/mol. The van der Waals surface area contributed by atoms with Crippen molar-refractivity contribution in [2.45, 2.75) is 13.3 Å². The Morgan fingerprint density at radius 1 is 1.12 bits per heavy atom. The molecule has 0 atom stereocenters. The molecule has 1 fully saturated rings. The first-order valence-corrected chi connectivity index (χ1v) is 9.78. The van der Waals surface area contributed by atoms with E-state index in [4.69, 9.17) is 11.6 Å². The van der Waals surface area contributed by atoms with Crippen molar-refractivity contribution in [1.82, 2.24) is 0 Å². The third kappa shape index (κ3) is 4.05. The van der Waals surface area contributed by atoms with Crippen molar-refractivity contribution in [2.24, 2.45) is 0 Å². The number of hydrogen-bond acceptors (Lipinski definition) is 3. The van der Waals surface area contributed by atoms with E-state index in [0.29, 0.717) is 35.1 Å². The van der Waals surface area contributed by atoms with E-state index in [0.717, 1.165) is 5.56 Å². The van der Waals surface area contributed by atoms with Gasteiger partial charge >= 0.3 is 6.03 Å². The van der Waals surface area contributed by atoms with Crippen molar-refractivity contribution in [3.05, 3.63) is 53.1 Å². The van der Waals surface area contributed by atoms with Crippen LogP contribution in [-0.2, 0) is 10.0 Å². The van der Waals surface area contributed by atoms with Gasteiger partial charge in [-0.25, -0.2) is 13.2 Å². The van der Waals surface area contributed by atoms with Gasteiger partial charge in [0.15, 0.2) is 0 Å². The maximum absolute atomic E-state index is 12.2. The molecule has 132 valence electrons. The van der Waals surface area contributed by atoms with Crippen molar-refractivity contribution in [2.75, 3.05) is 27.2 Å². The van der Waals surface area contributed by atoms with Crippen LogP contribution < -0.4 is 14.9 Å². The summed E-state index contributed by atoms with van der Waals surface area (Å²) in [7, 11) is -3.26. The van der Waals surface area contributed by atoms with Gasteiger partial charge in [0.1, 0.15) is 0 Å². The number of halogens is 1. The Morgan fingerprint density at radius 2 is 1.84 bits per heavy atom. The molecule has 8 heteroatoms. The van der Waals surface area contributed by atoms with Crippen molar-refractivity contribution in [3.8, 4) is 0 Å². The average Bonchev–Trinajstić information content (AvgIpc) is 2.91. The number of nitrogens with one attached hydrogen (secondary N) is 2. The van der Waals surface area contributed by atoms with Gasteiger partial charge in [0.05, 0.1) is 11.4 Å². The molecule has 0 aliphatic carbocycles. The number of carbonyl (C=O) groups excluding carboxylic acids is 1. The van der Waals surface area contributed by atoms with Gasteiger partial charge in [-0.05, 0) is 55.3 Å². The SMILES string of the molecule is Cc1ccc(N2CCCS2(=O)=O)cc1NC(=O)Nc1ccc(Cl)cc1. The molecule has 0 unspecified atom stereocenters. The lowest BCUT2D eigenvalue weighted by molar-refractivity contribution is 0.262. The molecule has 2 aromatic rings. The molecule has 0 saturated carbocycles. The van der Waals surface area contributed by atoms with Crippen LogP contribution in [0.4, 0.5) is 21.9 Å². The Balaban J connectivity index is 1.76. The zero-order valence-corrected chi connectivity index (χ0v) is 15.2. The maximum Gasteiger partial charge on any atom is 0.323 e. The van der Waals surface area contributed by atoms with Crippen LogP contribution in [0.1, 0.15) is 12.0 Å². The quantitative estimate of drug-likeness (QED) is 0.850. The lowest BCUT2D eigenvalue weighted by Crippen LogP contribution is -2.25. The molecule has 2 N–H and O–H groups in total. The smallest absolute Gasteiger partial charge is 0.308 e. The lowest BCUT2D eigenvalue weighted by Gasteiger charge is -2.19. The monoisotopic (exact) mass is 379 g/mol. The topological polar surface area (TPSA) is 78.5 Å². The number of amides is 2. The van der Waals surface area contributed by atoms with Gasteiger partial charge in [-0.1, -0.05) is 17.7 Å². The van der Waals surface area contributed by atoms with Gasteiger partial charge in [0.25, 0.3) is 0 Å². The van der Waals surface area contributed by atoms with Gasteiger partial charge in [0, 0.05) is 22.9 Å². The molecule has 2 amide bonds. The van der Waals surface area contributed by atoms with Gasteiger partial charge in [-0.15, -0.1) is 0 Å². The number of hydrogen-bond donors (Lipinski definition) is 2. The summed E-state index contributed by atoms with van der Waals surface area (Å²) in [5.41, 5.74) is 2.57. The fourth-order valence-electron chi connectivity index (χ4n) is 2.65. The summed E-state index contributed by atoms with van der Waals surface area (Å²) in [5, 5.41) is 6.05. The fraction of sp³-hybridized carbons (Fsp3) is 0.235. The van der Waals surface area contributed by atoms with Crippen LogP contribution in [0.3, 0.4) is 0 Å². The number of rotatable bonds is 3. The highest BCUT2D eigenvalue weighted by Crippen LogP contribution is 2.28. The van der Waals surface area contributed by atoms with E-state index in [1.165, 1.54) is 4.31 Å². The summed E-state index contributed by atoms with van der Waals surface area (Å²) in [6, 6.07) is 11.6. The number of sulfonamides is 1. The van der Waals surface area contributed by atoms with Crippen molar-refractivity contribution >= 4 is 44.7 Å². The number of benzene rings is 2. The van der Waals surface area contributed by atoms with Gasteiger partial charge < -0.3 is 10.6 Å². The Labute approximate surface area is 151 Å². The second-order valence-corrected chi connectivity index (χ2v) is 8.28. The van der Waals surface area contributed by atoms with Crippen molar-refractivity contribution in [3.63, 3.8) is 0 Å². The number of nitrogens with zero attached hydrogens (tertiary/aromatic N) is 1. The third-order valence-electron chi connectivity index (χ3n) is 3.96. The maximum atomic E-state index is 12.2. The zero-order valence-electron chi connectivity index (χ0n) is 13.6. The van der Waals surface area contributed by atoms with E-state index >= 15 is 0 Å². The molecule has 1 aliphatic heterocycles. The summed E-state index contributed by atoms with van der Waals surface area (Å²) in [6.07, 6.45) is 0.607. The molecule has 1 heterocycles. The molecular formula is C17H18ClN3O3S. The van der Waals surface area contributed by atoms with Crippen LogP contribution in [0.25, 0.3) is 0 Å². The number of carbonyl (C=O) groups is 1. The summed E-state index contributed by atoms with van der Waals surface area (Å²) in [6.45, 7) is 2.31. The number of aryl methyl sites for hydroxylation is 1. The van der Waals surface area contributed by atoms with Crippen molar-refractivity contribution < 1.29 is 13.2 Å². The average molecular weight is 380 g/mol. The first-order chi connectivity index (χ1) is 11.8. The van der Waals surface area contributed by atoms with Crippen LogP contribution in [0.15, 0.2) is 42.5 Å². The van der Waals surface area contributed by atoms with Crippen LogP contribution in [0.5, 0.6) is 0 Å². The minimum absolute atomic E-state index is 0.153. The predicted molar refractivity (Wildman–Crippen MR) is 101 cm³/mol. The normalized spacial score (nSPS) is 15.8. The minimum atomic E-state index is -3.26. The largest absolute Gasteiger partial charge is 0.323 e. The number of anilines is 3. The van der Waals surface area contributed by atoms with Crippen LogP contribution in [0, 0.1) is 6.92 Å². The Kier molecular flexibility index (Phi) is 4.87. The second-order valence-electron chi connectivity index (χ2n) is 5.83. The van der Waals surface area contributed by atoms with E-state index in [-0.39, 0.29) is 5.75 Å². The summed E-state index contributed by atoms with van der Waals surface area (Å²) in [5.74, 6) is 0.153. The highest BCUT2D eigenvalue weighted by molar-refractivity contribution is 7.93.